The molecule has 0 aliphatic heterocycles. The summed E-state index contributed by atoms with van der Waals surface area (Å²) in [5.74, 6) is 0. The lowest BCUT2D eigenvalue weighted by Crippen LogP contribution is -2.54. The fraction of sp³-hybridized carbons (Fsp3) is 0.0769. The highest BCUT2D eigenvalue weighted by molar-refractivity contribution is 7.81. The molecule has 0 atom stereocenters. The summed E-state index contributed by atoms with van der Waals surface area (Å²) in [6.07, 6.45) is 0. The van der Waals surface area contributed by atoms with Crippen molar-refractivity contribution in [1.82, 2.24) is 0 Å². The fourth-order valence-electron chi connectivity index (χ4n) is 3.94. The van der Waals surface area contributed by atoms with Crippen molar-refractivity contribution < 1.29 is 0 Å². The molecule has 0 nitrogen and oxygen atoms in total. The Bertz CT molecular complexity index is 1040. The highest BCUT2D eigenvalue weighted by Crippen LogP contribution is 2.30. The quantitative estimate of drug-likeness (QED) is 0.272. The van der Waals surface area contributed by atoms with Gasteiger partial charge in [0.25, 0.3) is 0 Å². The standard InChI is InChI=1S/C26H24S2Si/c1-29(2,23-17-9-15-21(25(23)27)19-11-5-3-6-12-19)24-18-10-16-22(26(24)28)20-13-7-4-8-14-20/h3-18,27-28H,1-2H3. The predicted molar refractivity (Wildman–Crippen MR) is 135 cm³/mol. The van der Waals surface area contributed by atoms with E-state index >= 15 is 0 Å². The Hall–Kier alpha value is -2.20. The Morgan fingerprint density at radius 1 is 0.483 bits per heavy atom. The first-order chi connectivity index (χ1) is 14.0. The molecule has 0 aromatic heterocycles. The summed E-state index contributed by atoms with van der Waals surface area (Å²) in [6, 6.07) is 34.1. The molecule has 3 heteroatoms. The molecule has 4 aromatic rings. The fourth-order valence-corrected chi connectivity index (χ4v) is 8.94. The van der Waals surface area contributed by atoms with E-state index in [9.17, 15) is 0 Å². The highest BCUT2D eigenvalue weighted by Gasteiger charge is 2.31. The Morgan fingerprint density at radius 2 is 0.862 bits per heavy atom. The van der Waals surface area contributed by atoms with E-state index < -0.39 is 8.07 Å². The van der Waals surface area contributed by atoms with E-state index in [0.717, 1.165) is 9.79 Å². The van der Waals surface area contributed by atoms with Gasteiger partial charge in [0.1, 0.15) is 8.07 Å². The van der Waals surface area contributed by atoms with Crippen molar-refractivity contribution in [2.24, 2.45) is 0 Å². The Kier molecular flexibility index (Phi) is 5.73. The molecule has 29 heavy (non-hydrogen) atoms. The second-order valence-electron chi connectivity index (χ2n) is 7.76. The summed E-state index contributed by atoms with van der Waals surface area (Å²) in [7, 11) is -2.03. The van der Waals surface area contributed by atoms with Crippen molar-refractivity contribution >= 4 is 43.7 Å². The average molecular weight is 429 g/mol. The van der Waals surface area contributed by atoms with E-state index in [4.69, 9.17) is 25.3 Å². The van der Waals surface area contributed by atoms with Crippen LogP contribution in [0.4, 0.5) is 0 Å². The van der Waals surface area contributed by atoms with Crippen LogP contribution in [-0.2, 0) is 0 Å². The Balaban J connectivity index is 1.85. The van der Waals surface area contributed by atoms with E-state index in [2.05, 4.69) is 98.0 Å². The minimum atomic E-state index is -2.03. The maximum absolute atomic E-state index is 5.01. The van der Waals surface area contributed by atoms with Gasteiger partial charge in [-0.1, -0.05) is 110 Å². The van der Waals surface area contributed by atoms with Gasteiger partial charge in [0.2, 0.25) is 0 Å². The van der Waals surface area contributed by atoms with Crippen molar-refractivity contribution in [1.29, 1.82) is 0 Å². The molecule has 0 radical (unpaired) electrons. The Morgan fingerprint density at radius 3 is 1.24 bits per heavy atom. The van der Waals surface area contributed by atoms with Crippen LogP contribution in [0.25, 0.3) is 22.3 Å². The van der Waals surface area contributed by atoms with Gasteiger partial charge < -0.3 is 0 Å². The summed E-state index contributed by atoms with van der Waals surface area (Å²) < 4.78 is 0. The lowest BCUT2D eigenvalue weighted by molar-refractivity contribution is 1.45. The molecule has 0 bridgehead atoms. The SMILES string of the molecule is C[Si](C)(c1cccc(-c2ccccc2)c1S)c1cccc(-c2ccccc2)c1S. The molecular weight excluding hydrogens is 405 g/mol. The topological polar surface area (TPSA) is 0 Å². The minimum Gasteiger partial charge on any atom is -0.143 e. The van der Waals surface area contributed by atoms with E-state index in [-0.39, 0.29) is 0 Å². The zero-order valence-electron chi connectivity index (χ0n) is 16.6. The van der Waals surface area contributed by atoms with Gasteiger partial charge in [-0.2, -0.15) is 0 Å². The van der Waals surface area contributed by atoms with Crippen LogP contribution >= 0.6 is 25.3 Å². The maximum Gasteiger partial charge on any atom is 0.115 e. The first-order valence-electron chi connectivity index (χ1n) is 9.76. The van der Waals surface area contributed by atoms with Crippen LogP contribution in [0.5, 0.6) is 0 Å². The molecule has 0 N–H and O–H groups in total. The smallest absolute Gasteiger partial charge is 0.115 e. The van der Waals surface area contributed by atoms with Gasteiger partial charge in [-0.3, -0.25) is 0 Å². The van der Waals surface area contributed by atoms with E-state index in [1.165, 1.54) is 32.6 Å². The van der Waals surface area contributed by atoms with Gasteiger partial charge >= 0.3 is 0 Å². The number of rotatable bonds is 4. The molecule has 4 rings (SSSR count). The van der Waals surface area contributed by atoms with Crippen LogP contribution in [0.3, 0.4) is 0 Å². The molecular formula is C26H24S2Si. The van der Waals surface area contributed by atoms with E-state index in [1.54, 1.807) is 0 Å². The molecule has 0 aliphatic rings. The highest BCUT2D eigenvalue weighted by atomic mass is 32.1. The van der Waals surface area contributed by atoms with Crippen LogP contribution in [0, 0.1) is 0 Å². The van der Waals surface area contributed by atoms with Crippen LogP contribution in [0.15, 0.2) is 107 Å². The Labute approximate surface area is 185 Å². The molecule has 4 aromatic carbocycles. The van der Waals surface area contributed by atoms with E-state index in [0.29, 0.717) is 0 Å². The minimum absolute atomic E-state index is 1.08. The molecule has 0 saturated heterocycles. The third-order valence-corrected chi connectivity index (χ3v) is 10.5. The summed E-state index contributed by atoms with van der Waals surface area (Å²) in [5, 5.41) is 2.67. The second-order valence-corrected chi connectivity index (χ2v) is 13.0. The second kappa shape index (κ2) is 8.27. The molecule has 0 unspecified atom stereocenters. The van der Waals surface area contributed by atoms with Gasteiger partial charge in [-0.15, -0.1) is 25.3 Å². The maximum atomic E-state index is 5.01. The molecule has 0 heterocycles. The summed E-state index contributed by atoms with van der Waals surface area (Å²) >= 11 is 10.0. The van der Waals surface area contributed by atoms with Crippen LogP contribution in [0.2, 0.25) is 13.1 Å². The molecule has 0 aliphatic carbocycles. The van der Waals surface area contributed by atoms with Crippen molar-refractivity contribution in [3.63, 3.8) is 0 Å². The van der Waals surface area contributed by atoms with Crippen LogP contribution in [-0.4, -0.2) is 8.07 Å². The molecule has 144 valence electrons. The van der Waals surface area contributed by atoms with Gasteiger partial charge in [-0.05, 0) is 32.6 Å². The van der Waals surface area contributed by atoms with Gasteiger partial charge in [0.05, 0.1) is 0 Å². The van der Waals surface area contributed by atoms with E-state index in [1.807, 2.05) is 12.1 Å². The van der Waals surface area contributed by atoms with Gasteiger partial charge in [0, 0.05) is 9.79 Å². The lowest BCUT2D eigenvalue weighted by Gasteiger charge is -2.28. The normalized spacial score (nSPS) is 11.4. The van der Waals surface area contributed by atoms with Crippen molar-refractivity contribution in [3.05, 3.63) is 97.1 Å². The first-order valence-corrected chi connectivity index (χ1v) is 13.7. The number of thiol groups is 2. The molecule has 0 saturated carbocycles. The number of benzene rings is 4. The van der Waals surface area contributed by atoms with Crippen molar-refractivity contribution in [3.8, 4) is 22.3 Å². The first kappa shape index (κ1) is 20.1. The zero-order chi connectivity index (χ0) is 20.4. The van der Waals surface area contributed by atoms with Crippen molar-refractivity contribution in [2.75, 3.05) is 0 Å². The van der Waals surface area contributed by atoms with Gasteiger partial charge in [-0.25, -0.2) is 0 Å². The zero-order valence-corrected chi connectivity index (χ0v) is 19.4. The average Bonchev–Trinajstić information content (AvgIpc) is 2.75. The van der Waals surface area contributed by atoms with Crippen LogP contribution < -0.4 is 10.4 Å². The van der Waals surface area contributed by atoms with Crippen LogP contribution in [0.1, 0.15) is 0 Å². The lowest BCUT2D eigenvalue weighted by atomic mass is 10.1. The summed E-state index contributed by atoms with van der Waals surface area (Å²) in [5.41, 5.74) is 4.78. The molecule has 0 amide bonds. The molecule has 0 spiro atoms. The molecule has 0 fully saturated rings. The summed E-state index contributed by atoms with van der Waals surface area (Å²) in [6.45, 7) is 4.78. The monoisotopic (exact) mass is 428 g/mol. The largest absolute Gasteiger partial charge is 0.143 e. The third-order valence-electron chi connectivity index (χ3n) is 5.59. The van der Waals surface area contributed by atoms with Crippen molar-refractivity contribution in [2.45, 2.75) is 22.9 Å². The third kappa shape index (κ3) is 3.83. The predicted octanol–water partition coefficient (Wildman–Crippen LogP) is 6.42. The van der Waals surface area contributed by atoms with Gasteiger partial charge in [0.15, 0.2) is 0 Å². The summed E-state index contributed by atoms with van der Waals surface area (Å²) in [4.78, 5) is 2.15. The number of hydrogen-bond donors (Lipinski definition) is 2. The number of hydrogen-bond acceptors (Lipinski definition) is 2.